The average Bonchev–Trinajstić information content (AvgIpc) is 3.15. The third-order valence-electron chi connectivity index (χ3n) is 4.60. The summed E-state index contributed by atoms with van der Waals surface area (Å²) < 4.78 is 1.43. The second-order valence-electron chi connectivity index (χ2n) is 6.66. The number of amides is 1. The number of carbonyl (C=O) groups is 1. The molecule has 4 rings (SSSR count). The summed E-state index contributed by atoms with van der Waals surface area (Å²) in [5.41, 5.74) is 2.66. The van der Waals surface area contributed by atoms with Crippen LogP contribution in [-0.4, -0.2) is 20.4 Å². The summed E-state index contributed by atoms with van der Waals surface area (Å²) in [5, 5.41) is 5.05. The Hall–Kier alpha value is -3.52. The highest BCUT2D eigenvalue weighted by molar-refractivity contribution is 7.17. The Morgan fingerprint density at radius 3 is 2.76 bits per heavy atom. The molecule has 4 aromatic rings. The number of anilines is 1. The number of H-pyrrole nitrogens is 1. The van der Waals surface area contributed by atoms with E-state index < -0.39 is 0 Å². The Kier molecular flexibility index (Phi) is 5.09. The van der Waals surface area contributed by atoms with E-state index in [0.717, 1.165) is 16.7 Å². The average molecular weight is 406 g/mol. The van der Waals surface area contributed by atoms with Crippen LogP contribution in [0.3, 0.4) is 0 Å². The molecular formula is C21H18N4O3S. The number of hydrogen-bond donors (Lipinski definition) is 2. The molecule has 8 heteroatoms. The fourth-order valence-electron chi connectivity index (χ4n) is 3.02. The molecule has 0 aliphatic carbocycles. The van der Waals surface area contributed by atoms with Gasteiger partial charge in [0.15, 0.2) is 0 Å². The molecule has 0 aliphatic rings. The van der Waals surface area contributed by atoms with Crippen molar-refractivity contribution in [3.63, 3.8) is 0 Å². The van der Waals surface area contributed by atoms with Gasteiger partial charge in [0, 0.05) is 42.4 Å². The predicted molar refractivity (Wildman–Crippen MR) is 114 cm³/mol. The molecule has 29 heavy (non-hydrogen) atoms. The van der Waals surface area contributed by atoms with Crippen molar-refractivity contribution in [1.29, 1.82) is 0 Å². The van der Waals surface area contributed by atoms with Gasteiger partial charge in [0.1, 0.15) is 10.5 Å². The van der Waals surface area contributed by atoms with E-state index in [4.69, 9.17) is 0 Å². The molecule has 146 valence electrons. The maximum absolute atomic E-state index is 13.0. The van der Waals surface area contributed by atoms with E-state index in [9.17, 15) is 14.4 Å². The zero-order valence-electron chi connectivity index (χ0n) is 15.6. The van der Waals surface area contributed by atoms with Gasteiger partial charge in [-0.2, -0.15) is 0 Å². The Balaban J connectivity index is 1.58. The number of hydrogen-bond acceptors (Lipinski definition) is 5. The van der Waals surface area contributed by atoms with E-state index >= 15 is 0 Å². The van der Waals surface area contributed by atoms with Crippen molar-refractivity contribution in [3.8, 4) is 11.1 Å². The van der Waals surface area contributed by atoms with Crippen molar-refractivity contribution in [2.24, 2.45) is 0 Å². The molecule has 1 aromatic carbocycles. The first-order valence-corrected chi connectivity index (χ1v) is 9.91. The van der Waals surface area contributed by atoms with Crippen LogP contribution in [0.15, 0.2) is 64.0 Å². The molecule has 1 amide bonds. The minimum Gasteiger partial charge on any atom is -0.366 e. The van der Waals surface area contributed by atoms with E-state index in [1.807, 2.05) is 36.6 Å². The largest absolute Gasteiger partial charge is 0.366 e. The van der Waals surface area contributed by atoms with E-state index in [0.29, 0.717) is 10.2 Å². The molecular weight excluding hydrogens is 388 g/mol. The standard InChI is InChI=1S/C21H18N4O3S/c1-13-2-4-14(5-3-13)15-11-29-20-19(15)21(28)25(12-23-20)9-7-18(27)24-16-10-22-8-6-17(16)26/h2-6,8,10-12H,7,9H2,1H3,(H,22,26)(H,24,27). The monoisotopic (exact) mass is 406 g/mol. The number of aromatic nitrogens is 3. The van der Waals surface area contributed by atoms with Crippen molar-refractivity contribution in [1.82, 2.24) is 14.5 Å². The number of pyridine rings is 1. The van der Waals surface area contributed by atoms with Crippen molar-refractivity contribution in [3.05, 3.63) is 80.6 Å². The van der Waals surface area contributed by atoms with Gasteiger partial charge in [-0.25, -0.2) is 4.98 Å². The van der Waals surface area contributed by atoms with Gasteiger partial charge < -0.3 is 10.3 Å². The van der Waals surface area contributed by atoms with Gasteiger partial charge >= 0.3 is 0 Å². The number of aromatic amines is 1. The van der Waals surface area contributed by atoms with E-state index in [-0.39, 0.29) is 35.5 Å². The molecule has 0 unspecified atom stereocenters. The Morgan fingerprint density at radius 2 is 2.00 bits per heavy atom. The van der Waals surface area contributed by atoms with Crippen LogP contribution in [0, 0.1) is 6.92 Å². The lowest BCUT2D eigenvalue weighted by Crippen LogP contribution is -2.24. The lowest BCUT2D eigenvalue weighted by Gasteiger charge is -2.07. The first kappa shape index (κ1) is 18.8. The zero-order chi connectivity index (χ0) is 20.4. The van der Waals surface area contributed by atoms with E-state index in [2.05, 4.69) is 15.3 Å². The van der Waals surface area contributed by atoms with E-state index in [1.54, 1.807) is 0 Å². The van der Waals surface area contributed by atoms with Gasteiger partial charge in [0.2, 0.25) is 11.3 Å². The lowest BCUT2D eigenvalue weighted by molar-refractivity contribution is -0.116. The van der Waals surface area contributed by atoms with Gasteiger partial charge in [-0.05, 0) is 12.5 Å². The van der Waals surface area contributed by atoms with Crippen molar-refractivity contribution >= 4 is 33.1 Å². The summed E-state index contributed by atoms with van der Waals surface area (Å²) in [4.78, 5) is 44.7. The van der Waals surface area contributed by atoms with Gasteiger partial charge in [-0.15, -0.1) is 11.3 Å². The summed E-state index contributed by atoms with van der Waals surface area (Å²) in [5.74, 6) is -0.349. The second-order valence-corrected chi connectivity index (χ2v) is 7.52. The minimum atomic E-state index is -0.349. The predicted octanol–water partition coefficient (Wildman–Crippen LogP) is 3.15. The van der Waals surface area contributed by atoms with Crippen molar-refractivity contribution < 1.29 is 4.79 Å². The number of aryl methyl sites for hydroxylation is 2. The molecule has 0 saturated heterocycles. The fourth-order valence-corrected chi connectivity index (χ4v) is 3.93. The summed E-state index contributed by atoms with van der Waals surface area (Å²) in [7, 11) is 0. The summed E-state index contributed by atoms with van der Waals surface area (Å²) in [6, 6.07) is 9.31. The molecule has 0 atom stereocenters. The SMILES string of the molecule is Cc1ccc(-c2csc3ncn(CCC(=O)Nc4c[nH]ccc4=O)c(=O)c23)cc1. The van der Waals surface area contributed by atoms with Crippen LogP contribution >= 0.6 is 11.3 Å². The number of rotatable bonds is 5. The Morgan fingerprint density at radius 1 is 1.21 bits per heavy atom. The van der Waals surface area contributed by atoms with Gasteiger partial charge in [0.05, 0.1) is 11.7 Å². The highest BCUT2D eigenvalue weighted by Gasteiger charge is 2.14. The highest BCUT2D eigenvalue weighted by Crippen LogP contribution is 2.30. The van der Waals surface area contributed by atoms with Crippen LogP contribution in [0.5, 0.6) is 0 Å². The second kappa shape index (κ2) is 7.84. The number of thiophene rings is 1. The number of benzene rings is 1. The van der Waals surface area contributed by atoms with Crippen molar-refractivity contribution in [2.45, 2.75) is 19.9 Å². The first-order chi connectivity index (χ1) is 14.0. The maximum Gasteiger partial charge on any atom is 0.262 e. The molecule has 0 bridgehead atoms. The topological polar surface area (TPSA) is 96.8 Å². The molecule has 0 aliphatic heterocycles. The van der Waals surface area contributed by atoms with Gasteiger partial charge in [-0.1, -0.05) is 29.8 Å². The number of nitrogens with one attached hydrogen (secondary N) is 2. The van der Waals surface area contributed by atoms with Crippen LogP contribution in [0.4, 0.5) is 5.69 Å². The Labute approximate surface area is 169 Å². The quantitative estimate of drug-likeness (QED) is 0.532. The molecule has 0 saturated carbocycles. The number of nitrogens with zero attached hydrogens (tertiary/aromatic N) is 2. The van der Waals surface area contributed by atoms with Crippen LogP contribution in [0.25, 0.3) is 21.3 Å². The van der Waals surface area contributed by atoms with E-state index in [1.165, 1.54) is 40.7 Å². The molecule has 0 spiro atoms. The summed E-state index contributed by atoms with van der Waals surface area (Å²) in [6.07, 6.45) is 4.43. The summed E-state index contributed by atoms with van der Waals surface area (Å²) >= 11 is 1.42. The third-order valence-corrected chi connectivity index (χ3v) is 5.49. The first-order valence-electron chi connectivity index (χ1n) is 9.03. The number of carbonyl (C=O) groups excluding carboxylic acids is 1. The fraction of sp³-hybridized carbons (Fsp3) is 0.143. The molecule has 0 radical (unpaired) electrons. The minimum absolute atomic E-state index is 0.0471. The highest BCUT2D eigenvalue weighted by atomic mass is 32.1. The van der Waals surface area contributed by atoms with Gasteiger partial charge in [0.25, 0.3) is 5.56 Å². The lowest BCUT2D eigenvalue weighted by atomic mass is 10.1. The van der Waals surface area contributed by atoms with Crippen LogP contribution in [-0.2, 0) is 11.3 Å². The molecule has 3 heterocycles. The zero-order valence-corrected chi connectivity index (χ0v) is 16.5. The van der Waals surface area contributed by atoms with Crippen LogP contribution in [0.1, 0.15) is 12.0 Å². The smallest absolute Gasteiger partial charge is 0.262 e. The van der Waals surface area contributed by atoms with Crippen LogP contribution < -0.4 is 16.3 Å². The molecule has 3 aromatic heterocycles. The van der Waals surface area contributed by atoms with Gasteiger partial charge in [-0.3, -0.25) is 19.0 Å². The third kappa shape index (κ3) is 3.88. The normalized spacial score (nSPS) is 10.9. The Bertz CT molecular complexity index is 1300. The van der Waals surface area contributed by atoms with Crippen LogP contribution in [0.2, 0.25) is 0 Å². The molecule has 7 nitrogen and oxygen atoms in total. The number of fused-ring (bicyclic) bond motifs is 1. The molecule has 0 fully saturated rings. The molecule has 2 N–H and O–H groups in total. The van der Waals surface area contributed by atoms with Crippen molar-refractivity contribution in [2.75, 3.05) is 5.32 Å². The maximum atomic E-state index is 13.0. The summed E-state index contributed by atoms with van der Waals surface area (Å²) in [6.45, 7) is 2.18.